The predicted molar refractivity (Wildman–Crippen MR) is 89.7 cm³/mol. The van der Waals surface area contributed by atoms with Gasteiger partial charge in [-0.15, -0.1) is 11.3 Å². The lowest BCUT2D eigenvalue weighted by Crippen LogP contribution is -2.05. The summed E-state index contributed by atoms with van der Waals surface area (Å²) in [7, 11) is 0. The fraction of sp³-hybridized carbons (Fsp3) is 0.188. The number of hydrogen-bond donors (Lipinski definition) is 1. The number of nitrogens with one attached hydrogen (secondary N) is 1. The van der Waals surface area contributed by atoms with Gasteiger partial charge in [0, 0.05) is 28.7 Å². The van der Waals surface area contributed by atoms with E-state index in [9.17, 15) is 0 Å². The van der Waals surface area contributed by atoms with Gasteiger partial charge >= 0.3 is 0 Å². The van der Waals surface area contributed by atoms with Crippen LogP contribution in [-0.4, -0.2) is 9.78 Å². The van der Waals surface area contributed by atoms with E-state index >= 15 is 0 Å². The number of aromatic nitrogens is 2. The highest BCUT2D eigenvalue weighted by Gasteiger charge is 2.10. The first-order valence-corrected chi connectivity index (χ1v) is 7.93. The quantitative estimate of drug-likeness (QED) is 0.748. The average molecular weight is 318 g/mol. The minimum atomic E-state index is 0.682. The number of aryl methyl sites for hydroxylation is 2. The van der Waals surface area contributed by atoms with Crippen LogP contribution in [0.4, 0.5) is 5.69 Å². The van der Waals surface area contributed by atoms with Crippen LogP contribution < -0.4 is 5.32 Å². The number of rotatable bonds is 4. The molecule has 0 spiro atoms. The number of nitrogens with zero attached hydrogens (tertiary/aromatic N) is 2. The van der Waals surface area contributed by atoms with Gasteiger partial charge in [0.15, 0.2) is 0 Å². The van der Waals surface area contributed by atoms with E-state index < -0.39 is 0 Å². The zero-order valence-electron chi connectivity index (χ0n) is 11.9. The molecular weight excluding hydrogens is 302 g/mol. The van der Waals surface area contributed by atoms with Crippen LogP contribution in [0, 0.1) is 13.8 Å². The molecule has 0 bridgehead atoms. The average Bonchev–Trinajstić information content (AvgIpc) is 3.06. The molecule has 0 unspecified atom stereocenters. The number of hydrogen-bond acceptors (Lipinski definition) is 3. The summed E-state index contributed by atoms with van der Waals surface area (Å²) in [6, 6.07) is 9.97. The van der Waals surface area contributed by atoms with Crippen LogP contribution in [0.25, 0.3) is 5.69 Å². The molecule has 0 saturated heterocycles. The van der Waals surface area contributed by atoms with Crippen LogP contribution in [0.3, 0.4) is 0 Å². The molecule has 1 N–H and O–H groups in total. The molecule has 0 saturated carbocycles. The van der Waals surface area contributed by atoms with Crippen molar-refractivity contribution in [1.82, 2.24) is 9.78 Å². The van der Waals surface area contributed by atoms with Crippen LogP contribution in [0.5, 0.6) is 0 Å². The van der Waals surface area contributed by atoms with Crippen molar-refractivity contribution < 1.29 is 0 Å². The lowest BCUT2D eigenvalue weighted by Gasteiger charge is -2.13. The molecule has 1 aromatic carbocycles. The topological polar surface area (TPSA) is 29.9 Å². The number of thiophene rings is 1. The van der Waals surface area contributed by atoms with E-state index in [1.165, 1.54) is 15.3 Å². The van der Waals surface area contributed by atoms with E-state index in [1.54, 1.807) is 10.9 Å². The molecule has 21 heavy (non-hydrogen) atoms. The number of halogens is 1. The van der Waals surface area contributed by atoms with Gasteiger partial charge in [0.1, 0.15) is 5.69 Å². The Labute approximate surface area is 133 Å². The summed E-state index contributed by atoms with van der Waals surface area (Å²) in [6.07, 6.45) is 3.64. The molecule has 2 aromatic heterocycles. The molecule has 0 atom stereocenters. The maximum Gasteiger partial charge on any atom is 0.106 e. The Morgan fingerprint density at radius 3 is 2.81 bits per heavy atom. The summed E-state index contributed by atoms with van der Waals surface area (Å²) in [5, 5.41) is 8.44. The van der Waals surface area contributed by atoms with Crippen molar-refractivity contribution in [2.45, 2.75) is 20.4 Å². The van der Waals surface area contributed by atoms with Gasteiger partial charge in [-0.1, -0.05) is 17.7 Å². The fourth-order valence-corrected chi connectivity index (χ4v) is 3.55. The Bertz CT molecular complexity index is 747. The van der Waals surface area contributed by atoms with Gasteiger partial charge in [-0.3, -0.25) is 0 Å². The molecule has 0 amide bonds. The third-order valence-electron chi connectivity index (χ3n) is 3.33. The first-order valence-electron chi connectivity index (χ1n) is 6.73. The molecule has 108 valence electrons. The Kier molecular flexibility index (Phi) is 3.99. The van der Waals surface area contributed by atoms with Gasteiger partial charge in [-0.2, -0.15) is 5.10 Å². The molecule has 0 aliphatic heterocycles. The second kappa shape index (κ2) is 5.92. The lowest BCUT2D eigenvalue weighted by atomic mass is 10.2. The monoisotopic (exact) mass is 317 g/mol. The number of anilines is 1. The van der Waals surface area contributed by atoms with E-state index in [0.717, 1.165) is 17.9 Å². The third kappa shape index (κ3) is 2.96. The summed E-state index contributed by atoms with van der Waals surface area (Å²) < 4.78 is 1.79. The molecule has 3 nitrogen and oxygen atoms in total. The molecule has 0 aliphatic carbocycles. The summed E-state index contributed by atoms with van der Waals surface area (Å²) in [5.74, 6) is 0. The van der Waals surface area contributed by atoms with Crippen LogP contribution in [-0.2, 0) is 6.54 Å². The van der Waals surface area contributed by atoms with E-state index in [-0.39, 0.29) is 0 Å². The van der Waals surface area contributed by atoms with Crippen molar-refractivity contribution in [3.8, 4) is 5.69 Å². The Morgan fingerprint density at radius 2 is 2.14 bits per heavy atom. The van der Waals surface area contributed by atoms with Gasteiger partial charge < -0.3 is 5.32 Å². The maximum absolute atomic E-state index is 6.34. The smallest absolute Gasteiger partial charge is 0.106 e. The van der Waals surface area contributed by atoms with Gasteiger partial charge in [0.25, 0.3) is 0 Å². The normalized spacial score (nSPS) is 10.8. The van der Waals surface area contributed by atoms with Crippen molar-refractivity contribution in [1.29, 1.82) is 0 Å². The van der Waals surface area contributed by atoms with Gasteiger partial charge in [-0.05, 0) is 43.7 Å². The highest BCUT2D eigenvalue weighted by Crippen LogP contribution is 2.29. The van der Waals surface area contributed by atoms with Crippen LogP contribution in [0.15, 0.2) is 42.7 Å². The molecule has 0 aliphatic rings. The van der Waals surface area contributed by atoms with Crippen molar-refractivity contribution in [2.24, 2.45) is 0 Å². The summed E-state index contributed by atoms with van der Waals surface area (Å²) in [5.41, 5.74) is 3.19. The van der Waals surface area contributed by atoms with Crippen molar-refractivity contribution in [3.63, 3.8) is 0 Å². The summed E-state index contributed by atoms with van der Waals surface area (Å²) >= 11 is 8.17. The van der Waals surface area contributed by atoms with Crippen molar-refractivity contribution in [3.05, 3.63) is 63.1 Å². The minimum absolute atomic E-state index is 0.682. The van der Waals surface area contributed by atoms with Crippen LogP contribution in [0.2, 0.25) is 5.02 Å². The summed E-state index contributed by atoms with van der Waals surface area (Å²) in [6.45, 7) is 5.07. The van der Waals surface area contributed by atoms with Crippen LogP contribution >= 0.6 is 22.9 Å². The molecule has 2 heterocycles. The predicted octanol–water partition coefficient (Wildman–Crippen LogP) is 4.82. The zero-order valence-corrected chi connectivity index (χ0v) is 13.5. The molecule has 5 heteroatoms. The maximum atomic E-state index is 6.34. The van der Waals surface area contributed by atoms with Crippen LogP contribution in [0.1, 0.15) is 15.3 Å². The van der Waals surface area contributed by atoms with Crippen molar-refractivity contribution >= 4 is 28.6 Å². The van der Waals surface area contributed by atoms with Crippen molar-refractivity contribution in [2.75, 3.05) is 5.32 Å². The highest BCUT2D eigenvalue weighted by molar-refractivity contribution is 7.12. The minimum Gasteiger partial charge on any atom is -0.379 e. The first kappa shape index (κ1) is 14.2. The third-order valence-corrected chi connectivity index (χ3v) is 4.65. The van der Waals surface area contributed by atoms with E-state index in [1.807, 2.05) is 41.8 Å². The first-order chi connectivity index (χ1) is 10.1. The van der Waals surface area contributed by atoms with Gasteiger partial charge in [-0.25, -0.2) is 4.68 Å². The second-order valence-corrected chi connectivity index (χ2v) is 6.75. The molecular formula is C16H16ClN3S. The Morgan fingerprint density at radius 1 is 1.29 bits per heavy atom. The second-order valence-electron chi connectivity index (χ2n) is 4.88. The van der Waals surface area contributed by atoms with E-state index in [0.29, 0.717) is 5.02 Å². The highest BCUT2D eigenvalue weighted by atomic mass is 35.5. The number of benzene rings is 1. The summed E-state index contributed by atoms with van der Waals surface area (Å²) in [4.78, 5) is 2.69. The fourth-order valence-electron chi connectivity index (χ4n) is 2.34. The van der Waals surface area contributed by atoms with E-state index in [2.05, 4.69) is 30.3 Å². The Hall–Kier alpha value is -1.78. The largest absolute Gasteiger partial charge is 0.379 e. The van der Waals surface area contributed by atoms with Gasteiger partial charge in [0.05, 0.1) is 10.7 Å². The lowest BCUT2D eigenvalue weighted by molar-refractivity contribution is 0.879. The molecule has 3 aromatic rings. The number of para-hydroxylation sites is 1. The molecule has 0 fully saturated rings. The van der Waals surface area contributed by atoms with Gasteiger partial charge in [0.2, 0.25) is 0 Å². The Balaban J connectivity index is 1.89. The molecule has 3 rings (SSSR count). The SMILES string of the molecule is Cc1cc(CNc2cccc(Cl)c2-n2cccn2)c(C)s1. The zero-order chi connectivity index (χ0) is 14.8. The van der Waals surface area contributed by atoms with E-state index in [4.69, 9.17) is 11.6 Å². The standard InChI is InChI=1S/C16H16ClN3S/c1-11-9-13(12(2)21-11)10-18-15-6-3-5-14(17)16(15)20-8-4-7-19-20/h3-9,18H,10H2,1-2H3. The molecule has 0 radical (unpaired) electrons.